The number of aliphatic hydroxyl groups excluding tert-OH is 1. The number of carbonyl (C=O) groups excluding carboxylic acids is 2. The van der Waals surface area contributed by atoms with E-state index in [1.165, 1.54) is 0 Å². The van der Waals surface area contributed by atoms with E-state index >= 15 is 0 Å². The lowest BCUT2D eigenvalue weighted by Gasteiger charge is -2.35. The zero-order valence-corrected chi connectivity index (χ0v) is 29.4. The van der Waals surface area contributed by atoms with Crippen LogP contribution in [0.15, 0.2) is 23.8 Å². The van der Waals surface area contributed by atoms with Crippen LogP contribution in [-0.4, -0.2) is 115 Å². The Hall–Kier alpha value is -2.51. The number of nitrogens with one attached hydrogen (secondary N) is 2. The molecule has 10 atom stereocenters. The molecule has 0 saturated carbocycles. The molecule has 0 aliphatic carbocycles. The van der Waals surface area contributed by atoms with E-state index < -0.39 is 24.2 Å². The van der Waals surface area contributed by atoms with Crippen LogP contribution in [0.5, 0.6) is 0 Å². The third kappa shape index (κ3) is 11.8. The zero-order valence-electron chi connectivity index (χ0n) is 29.4. The third-order valence-corrected chi connectivity index (χ3v) is 9.74. The van der Waals surface area contributed by atoms with Gasteiger partial charge in [-0.3, -0.25) is 4.79 Å². The Balaban J connectivity index is 1.43. The van der Waals surface area contributed by atoms with Gasteiger partial charge in [-0.15, -0.1) is 0 Å². The second-order valence-electron chi connectivity index (χ2n) is 14.0. The highest BCUT2D eigenvalue weighted by Crippen LogP contribution is 2.47. The van der Waals surface area contributed by atoms with Crippen LogP contribution in [0.2, 0.25) is 0 Å². The van der Waals surface area contributed by atoms with Crippen molar-refractivity contribution in [3.8, 4) is 0 Å². The molecule has 0 spiro atoms. The number of hydrogen-bond donors (Lipinski definition) is 4. The van der Waals surface area contributed by atoms with E-state index in [1.807, 2.05) is 6.92 Å². The topological polar surface area (TPSA) is 159 Å². The summed E-state index contributed by atoms with van der Waals surface area (Å²) in [5, 5.41) is 25.5. The molecule has 0 aromatic carbocycles. The molecule has 2 amide bonds. The first-order valence-corrected chi connectivity index (χ1v) is 17.3. The number of aliphatic hydroxyl groups is 1. The molecule has 0 radical (unpaired) electrons. The van der Waals surface area contributed by atoms with E-state index in [4.69, 9.17) is 18.9 Å². The summed E-state index contributed by atoms with van der Waals surface area (Å²) in [6.45, 7) is 15.0. The minimum absolute atomic E-state index is 0.0405. The number of piperazine rings is 1. The van der Waals surface area contributed by atoms with Gasteiger partial charge in [0.25, 0.3) is 0 Å². The van der Waals surface area contributed by atoms with E-state index in [1.54, 1.807) is 18.9 Å². The number of hydrogen-bond acceptors (Lipinski definition) is 9. The highest BCUT2D eigenvalue weighted by atomic mass is 16.6. The number of ether oxygens (including phenoxy) is 4. The first kappa shape index (κ1) is 38.9. The van der Waals surface area contributed by atoms with Gasteiger partial charge in [-0.2, -0.15) is 0 Å². The number of methoxy groups -OCH3 is 1. The van der Waals surface area contributed by atoms with Gasteiger partial charge in [0, 0.05) is 39.2 Å². The van der Waals surface area contributed by atoms with Gasteiger partial charge in [0.1, 0.15) is 6.04 Å². The van der Waals surface area contributed by atoms with Crippen LogP contribution >= 0.6 is 0 Å². The van der Waals surface area contributed by atoms with Crippen molar-refractivity contribution in [2.75, 3.05) is 39.9 Å². The van der Waals surface area contributed by atoms with Gasteiger partial charge >= 0.3 is 12.1 Å². The number of epoxide rings is 1. The standard InChI is InChI=1S/C35H59N3O9/c1-22(21-35(6)32(47-35)25(4)31(44-7)26(5)39)10-8-11-23(2)30-24(3)13-14-27(46-30)20-29(40)37-28(33(41)42)12-9-19-45-34(43)38-17-15-36-16-18-38/h8,10-11,22,24-28,30-32,36,39H,9,12-21H2,1-7H3,(H,37,40)(H,41,42)/b10-8+,23-11+/t22-,24+,25-,26-,27-,28+,30-,31-,32-,35?/m1/s1. The quantitative estimate of drug-likeness (QED) is 0.103. The molecule has 3 heterocycles. The third-order valence-electron chi connectivity index (χ3n) is 9.74. The smallest absolute Gasteiger partial charge is 0.409 e. The molecule has 3 fully saturated rings. The van der Waals surface area contributed by atoms with Gasteiger partial charge in [0.15, 0.2) is 0 Å². The molecule has 3 aliphatic rings. The molecule has 3 saturated heterocycles. The van der Waals surface area contributed by atoms with Crippen molar-refractivity contribution >= 4 is 18.0 Å². The Morgan fingerprint density at radius 2 is 1.87 bits per heavy atom. The second kappa shape index (κ2) is 18.3. The van der Waals surface area contributed by atoms with Crippen molar-refractivity contribution in [3.63, 3.8) is 0 Å². The predicted molar refractivity (Wildman–Crippen MR) is 178 cm³/mol. The summed E-state index contributed by atoms with van der Waals surface area (Å²) >= 11 is 0. The Morgan fingerprint density at radius 1 is 1.17 bits per heavy atom. The molecular weight excluding hydrogens is 606 g/mol. The van der Waals surface area contributed by atoms with Crippen LogP contribution in [0.25, 0.3) is 0 Å². The summed E-state index contributed by atoms with van der Waals surface area (Å²) in [6, 6.07) is -1.06. The first-order chi connectivity index (χ1) is 22.2. The fourth-order valence-corrected chi connectivity index (χ4v) is 7.13. The van der Waals surface area contributed by atoms with Crippen LogP contribution in [0, 0.1) is 17.8 Å². The molecule has 0 bridgehead atoms. The molecule has 1 unspecified atom stereocenters. The molecule has 268 valence electrons. The summed E-state index contributed by atoms with van der Waals surface area (Å²) < 4.78 is 23.2. The minimum Gasteiger partial charge on any atom is -0.480 e. The van der Waals surface area contributed by atoms with Gasteiger partial charge in [-0.1, -0.05) is 39.0 Å². The number of nitrogens with zero attached hydrogens (tertiary/aromatic N) is 1. The molecule has 4 N–H and O–H groups in total. The highest BCUT2D eigenvalue weighted by molar-refractivity contribution is 5.83. The van der Waals surface area contributed by atoms with E-state index in [9.17, 15) is 24.6 Å². The number of carboxylic acid groups (broad SMARTS) is 1. The van der Waals surface area contributed by atoms with E-state index in [2.05, 4.69) is 56.6 Å². The summed E-state index contributed by atoms with van der Waals surface area (Å²) in [5.74, 6) is -0.837. The van der Waals surface area contributed by atoms with Crippen LogP contribution in [0.3, 0.4) is 0 Å². The number of carbonyl (C=O) groups is 3. The lowest BCUT2D eigenvalue weighted by Crippen LogP contribution is -2.46. The Labute approximate surface area is 280 Å². The summed E-state index contributed by atoms with van der Waals surface area (Å²) in [7, 11) is 1.62. The van der Waals surface area contributed by atoms with Crippen molar-refractivity contribution in [2.24, 2.45) is 17.8 Å². The van der Waals surface area contributed by atoms with Crippen LogP contribution < -0.4 is 10.6 Å². The predicted octanol–water partition coefficient (Wildman–Crippen LogP) is 3.67. The Morgan fingerprint density at radius 3 is 2.51 bits per heavy atom. The molecular formula is C35H59N3O9. The molecule has 3 aliphatic heterocycles. The van der Waals surface area contributed by atoms with Gasteiger partial charge in [0.2, 0.25) is 5.91 Å². The van der Waals surface area contributed by atoms with Gasteiger partial charge < -0.3 is 44.7 Å². The van der Waals surface area contributed by atoms with Crippen molar-refractivity contribution in [1.29, 1.82) is 0 Å². The number of amides is 2. The lowest BCUT2D eigenvalue weighted by atomic mass is 9.85. The summed E-state index contributed by atoms with van der Waals surface area (Å²) in [6.07, 6.45) is 7.72. The maximum atomic E-state index is 12.8. The van der Waals surface area contributed by atoms with Crippen LogP contribution in [0.4, 0.5) is 4.79 Å². The number of allylic oxidation sites excluding steroid dienone is 3. The average Bonchev–Trinajstić information content (AvgIpc) is 3.69. The fraction of sp³-hybridized carbons (Fsp3) is 0.800. The zero-order chi connectivity index (χ0) is 34.7. The van der Waals surface area contributed by atoms with Crippen LogP contribution in [-0.2, 0) is 28.5 Å². The molecule has 12 heteroatoms. The molecule has 0 aromatic rings. The first-order valence-electron chi connectivity index (χ1n) is 17.3. The van der Waals surface area contributed by atoms with E-state index in [0.717, 1.165) is 37.9 Å². The van der Waals surface area contributed by atoms with Gasteiger partial charge in [-0.05, 0) is 70.3 Å². The molecule has 3 rings (SSSR count). The largest absolute Gasteiger partial charge is 0.480 e. The Bertz CT molecular complexity index is 1090. The van der Waals surface area contributed by atoms with Crippen molar-refractivity contribution in [2.45, 2.75) is 122 Å². The lowest BCUT2D eigenvalue weighted by molar-refractivity contribution is -0.143. The monoisotopic (exact) mass is 665 g/mol. The summed E-state index contributed by atoms with van der Waals surface area (Å²) in [5.41, 5.74) is 0.824. The average molecular weight is 666 g/mol. The SMILES string of the molecule is CO[C@H]([C@@H](C)[C@H]1OC1(C)C[C@H](C)/C=C/C=C(\C)[C@H]1O[C@@H](CC(=O)N[C@@H](CCCOC(=O)N2CCNCC2)C(=O)O)CC[C@@H]1C)[C@@H](C)O. The number of aliphatic carboxylic acids is 1. The van der Waals surface area contributed by atoms with Crippen molar-refractivity contribution in [1.82, 2.24) is 15.5 Å². The van der Waals surface area contributed by atoms with E-state index in [-0.39, 0.29) is 73.1 Å². The number of rotatable bonds is 17. The normalized spacial score (nSPS) is 29.9. The maximum Gasteiger partial charge on any atom is 0.409 e. The van der Waals surface area contributed by atoms with Crippen molar-refractivity contribution in [3.05, 3.63) is 23.8 Å². The van der Waals surface area contributed by atoms with Crippen molar-refractivity contribution < 1.29 is 43.5 Å². The maximum absolute atomic E-state index is 12.8. The second-order valence-corrected chi connectivity index (χ2v) is 14.0. The molecule has 47 heavy (non-hydrogen) atoms. The molecule has 12 nitrogen and oxygen atoms in total. The van der Waals surface area contributed by atoms with E-state index in [0.29, 0.717) is 19.5 Å². The Kier molecular flexibility index (Phi) is 15.2. The van der Waals surface area contributed by atoms with Gasteiger partial charge in [-0.25, -0.2) is 9.59 Å². The fourth-order valence-electron chi connectivity index (χ4n) is 7.13. The minimum atomic E-state index is -1.12. The molecule has 0 aromatic heterocycles. The van der Waals surface area contributed by atoms with Crippen LogP contribution in [0.1, 0.15) is 80.1 Å². The summed E-state index contributed by atoms with van der Waals surface area (Å²) in [4.78, 5) is 38.4. The highest BCUT2D eigenvalue weighted by Gasteiger charge is 2.56. The van der Waals surface area contributed by atoms with Gasteiger partial charge in [0.05, 0.1) is 49.1 Å². The number of carboxylic acids is 1.